The van der Waals surface area contributed by atoms with E-state index in [1.807, 2.05) is 31.2 Å². The fourth-order valence-electron chi connectivity index (χ4n) is 2.19. The number of hydrogen-bond donors (Lipinski definition) is 3. The molecular weight excluding hydrogens is 417 g/mol. The minimum Gasteiger partial charge on any atom is -0.490 e. The summed E-state index contributed by atoms with van der Waals surface area (Å²) in [6, 6.07) is 10.9. The first-order valence-electron chi connectivity index (χ1n) is 8.60. The Labute approximate surface area is 180 Å². The summed E-state index contributed by atoms with van der Waals surface area (Å²) in [7, 11) is 0. The third kappa shape index (κ3) is 7.03. The molecule has 0 aliphatic heterocycles. The van der Waals surface area contributed by atoms with E-state index in [1.165, 1.54) is 0 Å². The third-order valence-electron chi connectivity index (χ3n) is 3.50. The van der Waals surface area contributed by atoms with Crippen LogP contribution in [0.4, 0.5) is 0 Å². The van der Waals surface area contributed by atoms with E-state index in [2.05, 4.69) is 22.4 Å². The Kier molecular flexibility index (Phi) is 9.07. The maximum atomic E-state index is 6.20. The van der Waals surface area contributed by atoms with Crippen molar-refractivity contribution in [1.82, 2.24) is 10.7 Å². The number of thiocarbonyl (C=S) groups is 1. The first kappa shape index (κ1) is 22.0. The highest BCUT2D eigenvalue weighted by Gasteiger charge is 2.09. The molecule has 2 aromatic rings. The van der Waals surface area contributed by atoms with E-state index < -0.39 is 0 Å². The van der Waals surface area contributed by atoms with Crippen molar-refractivity contribution in [3.8, 4) is 11.5 Å². The van der Waals surface area contributed by atoms with Crippen molar-refractivity contribution in [2.45, 2.75) is 13.5 Å². The Morgan fingerprint density at radius 3 is 2.71 bits per heavy atom. The number of benzene rings is 2. The van der Waals surface area contributed by atoms with Gasteiger partial charge in [-0.05, 0) is 49.5 Å². The summed E-state index contributed by atoms with van der Waals surface area (Å²) in [6.45, 7) is 6.95. The smallest absolute Gasteiger partial charge is 0.224 e. The molecule has 8 heteroatoms. The van der Waals surface area contributed by atoms with E-state index in [0.29, 0.717) is 46.4 Å². The Bertz CT molecular complexity index is 859. The maximum Gasteiger partial charge on any atom is 0.224 e. The average Bonchev–Trinajstić information content (AvgIpc) is 2.67. The van der Waals surface area contributed by atoms with Gasteiger partial charge in [-0.15, -0.1) is 17.1 Å². The van der Waals surface area contributed by atoms with Crippen LogP contribution in [0.25, 0.3) is 0 Å². The van der Waals surface area contributed by atoms with E-state index in [9.17, 15) is 0 Å². The van der Waals surface area contributed by atoms with Crippen molar-refractivity contribution in [3.63, 3.8) is 0 Å². The molecule has 0 aliphatic carbocycles. The predicted molar refractivity (Wildman–Crippen MR) is 118 cm³/mol. The van der Waals surface area contributed by atoms with E-state index in [1.54, 1.807) is 24.4 Å². The van der Waals surface area contributed by atoms with Gasteiger partial charge in [-0.2, -0.15) is 0 Å². The van der Waals surface area contributed by atoms with Gasteiger partial charge in [0.25, 0.3) is 0 Å². The highest BCUT2D eigenvalue weighted by atomic mass is 35.5. The van der Waals surface area contributed by atoms with Crippen LogP contribution in [0.15, 0.2) is 49.1 Å². The molecule has 0 aliphatic rings. The lowest BCUT2D eigenvalue weighted by atomic mass is 10.2. The van der Waals surface area contributed by atoms with Crippen LogP contribution in [0, 0.1) is 0 Å². The standard InChI is InChI=1S/C20H21Cl2N3O2S/c1-3-9-23-20(28)25-24-12-14-5-8-18(19(10-14)26-4-2)27-13-15-6-7-16(21)11-17(15)22/h3,5-8,10-12H,1,4,9,13H2,2H3,(H2,23,25,28)/p+1. The molecule has 0 bridgehead atoms. The fourth-order valence-corrected chi connectivity index (χ4v) is 2.80. The molecule has 148 valence electrons. The number of hydrazone groups is 1. The van der Waals surface area contributed by atoms with Gasteiger partial charge in [0.1, 0.15) is 6.61 Å². The summed E-state index contributed by atoms with van der Waals surface area (Å²) in [5, 5.41) is 7.51. The summed E-state index contributed by atoms with van der Waals surface area (Å²) in [4.78, 5) is 0. The van der Waals surface area contributed by atoms with Crippen LogP contribution in [0.2, 0.25) is 10.0 Å². The molecule has 3 N–H and O–H groups in total. The number of ether oxygens (including phenoxy) is 2. The zero-order chi connectivity index (χ0) is 20.4. The largest absolute Gasteiger partial charge is 0.490 e. The van der Waals surface area contributed by atoms with Crippen molar-refractivity contribution in [2.75, 3.05) is 13.2 Å². The van der Waals surface area contributed by atoms with Gasteiger partial charge in [0.15, 0.2) is 17.7 Å². The molecular formula is C20H22Cl2N3O2S+. The summed E-state index contributed by atoms with van der Waals surface area (Å²) in [5.74, 6) is 1.26. The molecule has 0 spiro atoms. The highest BCUT2D eigenvalue weighted by Crippen LogP contribution is 2.30. The molecule has 0 aromatic heterocycles. The van der Waals surface area contributed by atoms with Crippen LogP contribution in [-0.4, -0.2) is 24.5 Å². The predicted octanol–water partition coefficient (Wildman–Crippen LogP) is 3.04. The molecule has 0 atom stereocenters. The number of hydrazine groups is 1. The normalized spacial score (nSPS) is 10.5. The summed E-state index contributed by atoms with van der Waals surface area (Å²) in [5.41, 5.74) is 4.59. The second-order valence-corrected chi connectivity index (χ2v) is 6.83. The first-order valence-corrected chi connectivity index (χ1v) is 9.77. The molecule has 2 rings (SSSR count). The molecule has 0 radical (unpaired) electrons. The summed E-state index contributed by atoms with van der Waals surface area (Å²) >= 11 is 17.2. The molecule has 2 aromatic carbocycles. The zero-order valence-electron chi connectivity index (χ0n) is 15.4. The molecule has 0 amide bonds. The molecule has 5 nitrogen and oxygen atoms in total. The van der Waals surface area contributed by atoms with Gasteiger partial charge >= 0.3 is 0 Å². The molecule has 0 fully saturated rings. The topological polar surface area (TPSA) is 56.5 Å². The number of rotatable bonds is 9. The first-order chi connectivity index (χ1) is 13.5. The van der Waals surface area contributed by atoms with Crippen molar-refractivity contribution in [2.24, 2.45) is 0 Å². The Balaban J connectivity index is 2.05. The average molecular weight is 439 g/mol. The van der Waals surface area contributed by atoms with Crippen LogP contribution in [0.5, 0.6) is 11.5 Å². The molecule has 0 unspecified atom stereocenters. The van der Waals surface area contributed by atoms with Crippen LogP contribution >= 0.6 is 35.4 Å². The molecule has 0 saturated heterocycles. The second kappa shape index (κ2) is 11.5. The van der Waals surface area contributed by atoms with Gasteiger partial charge in [-0.1, -0.05) is 35.3 Å². The number of hydrogen-bond acceptors (Lipinski definition) is 3. The van der Waals surface area contributed by atoms with Crippen LogP contribution < -0.4 is 25.3 Å². The Morgan fingerprint density at radius 2 is 2.00 bits per heavy atom. The van der Waals surface area contributed by atoms with Gasteiger partial charge in [-0.25, -0.2) is 0 Å². The van der Waals surface area contributed by atoms with Crippen LogP contribution in [0.3, 0.4) is 0 Å². The highest BCUT2D eigenvalue weighted by molar-refractivity contribution is 7.80. The van der Waals surface area contributed by atoms with Gasteiger partial charge in [0.2, 0.25) is 5.11 Å². The summed E-state index contributed by atoms with van der Waals surface area (Å²) in [6.07, 6.45) is 3.49. The lowest BCUT2D eigenvalue weighted by molar-refractivity contribution is -0.500. The third-order valence-corrected chi connectivity index (χ3v) is 4.33. The van der Waals surface area contributed by atoms with Crippen molar-refractivity contribution in [1.29, 1.82) is 0 Å². The molecule has 0 heterocycles. The minimum absolute atomic E-state index is 0.308. The van der Waals surface area contributed by atoms with Gasteiger partial charge in [0, 0.05) is 27.7 Å². The fraction of sp³-hybridized carbons (Fsp3) is 0.200. The van der Waals surface area contributed by atoms with Crippen molar-refractivity contribution >= 4 is 46.7 Å². The summed E-state index contributed by atoms with van der Waals surface area (Å²) < 4.78 is 11.6. The van der Waals surface area contributed by atoms with Gasteiger partial charge < -0.3 is 14.8 Å². The van der Waals surface area contributed by atoms with Gasteiger partial charge in [-0.3, -0.25) is 0 Å². The van der Waals surface area contributed by atoms with Crippen molar-refractivity contribution < 1.29 is 14.6 Å². The van der Waals surface area contributed by atoms with Crippen molar-refractivity contribution in [3.05, 3.63) is 70.2 Å². The van der Waals surface area contributed by atoms with E-state index in [-0.39, 0.29) is 0 Å². The lowest BCUT2D eigenvalue weighted by Crippen LogP contribution is -2.82. The van der Waals surface area contributed by atoms with Crippen LogP contribution in [-0.2, 0) is 6.61 Å². The number of nitrogens with one attached hydrogen (secondary N) is 3. The SMILES string of the molecule is C=CCNC(=S)N[NH+]=Cc1ccc(OCc2ccc(Cl)cc2Cl)c(OCC)c1. The van der Waals surface area contributed by atoms with Gasteiger partial charge in [0.05, 0.1) is 6.61 Å². The molecule has 0 saturated carbocycles. The zero-order valence-corrected chi connectivity index (χ0v) is 17.8. The Morgan fingerprint density at radius 1 is 1.18 bits per heavy atom. The van der Waals surface area contributed by atoms with E-state index in [0.717, 1.165) is 11.1 Å². The minimum atomic E-state index is 0.308. The molecule has 28 heavy (non-hydrogen) atoms. The Hall–Kier alpha value is -2.28. The lowest BCUT2D eigenvalue weighted by Gasteiger charge is -2.13. The monoisotopic (exact) mass is 438 g/mol. The maximum absolute atomic E-state index is 6.20. The quantitative estimate of drug-likeness (QED) is 0.243. The van der Waals surface area contributed by atoms with E-state index >= 15 is 0 Å². The second-order valence-electron chi connectivity index (χ2n) is 5.58. The number of halogens is 2. The van der Waals surface area contributed by atoms with Crippen LogP contribution in [0.1, 0.15) is 18.1 Å². The van der Waals surface area contributed by atoms with E-state index in [4.69, 9.17) is 44.9 Å².